The first-order chi connectivity index (χ1) is 10.9. The Kier molecular flexibility index (Phi) is 5.80. The van der Waals surface area contributed by atoms with E-state index < -0.39 is 5.97 Å². The van der Waals surface area contributed by atoms with E-state index in [1.807, 2.05) is 0 Å². The molecule has 1 saturated carbocycles. The van der Waals surface area contributed by atoms with Gasteiger partial charge in [-0.3, -0.25) is 4.79 Å². The Morgan fingerprint density at radius 2 is 1.96 bits per heavy atom. The lowest BCUT2D eigenvalue weighted by molar-refractivity contribution is -0.131. The number of ether oxygens (including phenoxy) is 2. The average molecular weight is 318 g/mol. The first-order valence-corrected chi connectivity index (χ1v) is 8.36. The third kappa shape index (κ3) is 4.81. The van der Waals surface area contributed by atoms with Crippen molar-refractivity contribution >= 4 is 11.9 Å². The molecule has 1 aromatic carbocycles. The van der Waals surface area contributed by atoms with E-state index in [1.54, 1.807) is 24.3 Å². The lowest BCUT2D eigenvalue weighted by Gasteiger charge is -2.36. The average Bonchev–Trinajstić information content (AvgIpc) is 2.46. The minimum absolute atomic E-state index is 0.0383. The van der Waals surface area contributed by atoms with Gasteiger partial charge in [0.2, 0.25) is 0 Å². The fraction of sp³-hybridized carbons (Fsp3) is 0.579. The van der Waals surface area contributed by atoms with Gasteiger partial charge in [0.05, 0.1) is 5.56 Å². The van der Waals surface area contributed by atoms with Gasteiger partial charge >= 0.3 is 11.9 Å². The number of esters is 2. The molecule has 1 aromatic rings. The quantitative estimate of drug-likeness (QED) is 0.616. The molecule has 2 rings (SSSR count). The standard InChI is InChI=1S/C19H26O4/c1-12(2)17-9-8-13(3)10-18(17)23-19(21)15-6-5-7-16(11-15)22-14(4)20/h5-7,11-13,17-18H,8-10H2,1-4H3. The molecule has 126 valence electrons. The van der Waals surface area contributed by atoms with Gasteiger partial charge in [-0.2, -0.15) is 0 Å². The molecule has 4 nitrogen and oxygen atoms in total. The highest BCUT2D eigenvalue weighted by atomic mass is 16.5. The van der Waals surface area contributed by atoms with Crippen LogP contribution in [0.25, 0.3) is 0 Å². The maximum absolute atomic E-state index is 12.5. The lowest BCUT2D eigenvalue weighted by Crippen LogP contribution is -2.35. The molecule has 4 heteroatoms. The van der Waals surface area contributed by atoms with Gasteiger partial charge in [-0.05, 0) is 48.8 Å². The predicted octanol–water partition coefficient (Wildman–Crippen LogP) is 4.23. The van der Waals surface area contributed by atoms with Crippen LogP contribution in [0.5, 0.6) is 5.75 Å². The van der Waals surface area contributed by atoms with E-state index in [-0.39, 0.29) is 12.1 Å². The van der Waals surface area contributed by atoms with Crippen molar-refractivity contribution in [2.24, 2.45) is 17.8 Å². The van der Waals surface area contributed by atoms with Gasteiger partial charge < -0.3 is 9.47 Å². The summed E-state index contributed by atoms with van der Waals surface area (Å²) in [5.41, 5.74) is 0.421. The van der Waals surface area contributed by atoms with Crippen molar-refractivity contribution < 1.29 is 19.1 Å². The van der Waals surface area contributed by atoms with Crippen LogP contribution in [0.15, 0.2) is 24.3 Å². The second-order valence-electron chi connectivity index (χ2n) is 6.89. The molecule has 0 bridgehead atoms. The fourth-order valence-corrected chi connectivity index (χ4v) is 3.31. The molecule has 1 aliphatic carbocycles. The topological polar surface area (TPSA) is 52.6 Å². The van der Waals surface area contributed by atoms with Crippen LogP contribution in [0.3, 0.4) is 0 Å². The van der Waals surface area contributed by atoms with E-state index in [2.05, 4.69) is 20.8 Å². The molecular weight excluding hydrogens is 292 g/mol. The van der Waals surface area contributed by atoms with Gasteiger partial charge in [0, 0.05) is 6.92 Å². The zero-order valence-electron chi connectivity index (χ0n) is 14.4. The SMILES string of the molecule is CC(=O)Oc1cccc(C(=O)OC2CC(C)CCC2C(C)C)c1. The minimum Gasteiger partial charge on any atom is -0.458 e. The zero-order valence-corrected chi connectivity index (χ0v) is 14.4. The van der Waals surface area contributed by atoms with Crippen LogP contribution < -0.4 is 4.74 Å². The van der Waals surface area contributed by atoms with E-state index in [9.17, 15) is 9.59 Å². The number of carbonyl (C=O) groups is 2. The molecule has 0 saturated heterocycles. The molecule has 0 N–H and O–H groups in total. The van der Waals surface area contributed by atoms with Crippen LogP contribution in [0.4, 0.5) is 0 Å². The second kappa shape index (κ2) is 7.62. The van der Waals surface area contributed by atoms with Gasteiger partial charge in [-0.25, -0.2) is 4.79 Å². The fourth-order valence-electron chi connectivity index (χ4n) is 3.31. The van der Waals surface area contributed by atoms with Crippen molar-refractivity contribution in [3.8, 4) is 5.75 Å². The summed E-state index contributed by atoms with van der Waals surface area (Å²) < 4.78 is 10.8. The Bertz CT molecular complexity index is 564. The molecular formula is C19H26O4. The monoisotopic (exact) mass is 318 g/mol. The Labute approximate surface area is 138 Å². The lowest BCUT2D eigenvalue weighted by atomic mass is 9.75. The summed E-state index contributed by atoms with van der Waals surface area (Å²) in [6.45, 7) is 7.91. The number of hydrogen-bond donors (Lipinski definition) is 0. The van der Waals surface area contributed by atoms with Crippen LogP contribution in [0.1, 0.15) is 57.3 Å². The number of hydrogen-bond acceptors (Lipinski definition) is 4. The number of rotatable bonds is 4. The largest absolute Gasteiger partial charge is 0.458 e. The molecule has 0 heterocycles. The molecule has 23 heavy (non-hydrogen) atoms. The molecule has 0 spiro atoms. The molecule has 3 unspecified atom stereocenters. The Balaban J connectivity index is 2.09. The van der Waals surface area contributed by atoms with Gasteiger partial charge in [0.1, 0.15) is 11.9 Å². The van der Waals surface area contributed by atoms with Crippen molar-refractivity contribution in [3.63, 3.8) is 0 Å². The molecule has 0 aromatic heterocycles. The predicted molar refractivity (Wildman–Crippen MR) is 88.3 cm³/mol. The van der Waals surface area contributed by atoms with E-state index in [1.165, 1.54) is 13.3 Å². The van der Waals surface area contributed by atoms with Crippen LogP contribution in [-0.2, 0) is 9.53 Å². The maximum Gasteiger partial charge on any atom is 0.338 e. The van der Waals surface area contributed by atoms with E-state index >= 15 is 0 Å². The summed E-state index contributed by atoms with van der Waals surface area (Å²) >= 11 is 0. The summed E-state index contributed by atoms with van der Waals surface area (Å²) in [7, 11) is 0. The zero-order chi connectivity index (χ0) is 17.0. The first-order valence-electron chi connectivity index (χ1n) is 8.36. The number of benzene rings is 1. The van der Waals surface area contributed by atoms with Gasteiger partial charge in [0.15, 0.2) is 0 Å². The van der Waals surface area contributed by atoms with E-state index in [0.717, 1.165) is 12.8 Å². The molecule has 1 aliphatic rings. The van der Waals surface area contributed by atoms with Gasteiger partial charge in [-0.1, -0.05) is 33.3 Å². The third-order valence-electron chi connectivity index (χ3n) is 4.55. The highest BCUT2D eigenvalue weighted by molar-refractivity contribution is 5.90. The number of carbonyl (C=O) groups excluding carboxylic acids is 2. The Hall–Kier alpha value is -1.84. The Morgan fingerprint density at radius 3 is 2.61 bits per heavy atom. The third-order valence-corrected chi connectivity index (χ3v) is 4.55. The molecule has 1 fully saturated rings. The van der Waals surface area contributed by atoms with Crippen molar-refractivity contribution in [1.82, 2.24) is 0 Å². The first kappa shape index (κ1) is 17.5. The molecule has 0 amide bonds. The van der Waals surface area contributed by atoms with Crippen LogP contribution in [0.2, 0.25) is 0 Å². The summed E-state index contributed by atoms with van der Waals surface area (Å²) in [5, 5.41) is 0. The van der Waals surface area contributed by atoms with Crippen molar-refractivity contribution in [2.45, 2.75) is 53.1 Å². The summed E-state index contributed by atoms with van der Waals surface area (Å²) in [5.74, 6) is 1.10. The van der Waals surface area contributed by atoms with Gasteiger partial charge in [-0.15, -0.1) is 0 Å². The van der Waals surface area contributed by atoms with Crippen LogP contribution >= 0.6 is 0 Å². The second-order valence-corrected chi connectivity index (χ2v) is 6.89. The van der Waals surface area contributed by atoms with Gasteiger partial charge in [0.25, 0.3) is 0 Å². The molecule has 3 atom stereocenters. The van der Waals surface area contributed by atoms with Crippen LogP contribution in [-0.4, -0.2) is 18.0 Å². The van der Waals surface area contributed by atoms with Crippen molar-refractivity contribution in [1.29, 1.82) is 0 Å². The Morgan fingerprint density at radius 1 is 1.22 bits per heavy atom. The van der Waals surface area contributed by atoms with E-state index in [0.29, 0.717) is 29.1 Å². The summed E-state index contributed by atoms with van der Waals surface area (Å²) in [6.07, 6.45) is 3.17. The maximum atomic E-state index is 12.5. The minimum atomic E-state index is -0.406. The smallest absolute Gasteiger partial charge is 0.338 e. The van der Waals surface area contributed by atoms with E-state index in [4.69, 9.17) is 9.47 Å². The normalized spacial score (nSPS) is 24.3. The highest BCUT2D eigenvalue weighted by Gasteiger charge is 2.33. The van der Waals surface area contributed by atoms with Crippen molar-refractivity contribution in [2.75, 3.05) is 0 Å². The van der Waals surface area contributed by atoms with Crippen molar-refractivity contribution in [3.05, 3.63) is 29.8 Å². The summed E-state index contributed by atoms with van der Waals surface area (Å²) in [6, 6.07) is 6.59. The summed E-state index contributed by atoms with van der Waals surface area (Å²) in [4.78, 5) is 23.5. The van der Waals surface area contributed by atoms with Crippen LogP contribution in [0, 0.1) is 17.8 Å². The highest BCUT2D eigenvalue weighted by Crippen LogP contribution is 2.35. The molecule has 0 radical (unpaired) electrons. The molecule has 0 aliphatic heterocycles.